The van der Waals surface area contributed by atoms with Crippen molar-refractivity contribution >= 4 is 34.4 Å². The summed E-state index contributed by atoms with van der Waals surface area (Å²) in [5.41, 5.74) is 2.03. The first-order chi connectivity index (χ1) is 15.3. The molecule has 0 bridgehead atoms. The molecule has 0 fully saturated rings. The van der Waals surface area contributed by atoms with Crippen molar-refractivity contribution in [1.82, 2.24) is 25.5 Å². The highest BCUT2D eigenvalue weighted by molar-refractivity contribution is 6.30. The van der Waals surface area contributed by atoms with Gasteiger partial charge in [0.1, 0.15) is 23.2 Å². The molecule has 3 aromatic rings. The zero-order chi connectivity index (χ0) is 23.3. The van der Waals surface area contributed by atoms with E-state index in [2.05, 4.69) is 58.1 Å². The molecule has 0 radical (unpaired) electrons. The molecule has 2 heterocycles. The van der Waals surface area contributed by atoms with Crippen molar-refractivity contribution < 1.29 is 9.18 Å². The van der Waals surface area contributed by atoms with E-state index in [1.165, 1.54) is 18.5 Å². The summed E-state index contributed by atoms with van der Waals surface area (Å²) >= 11 is 5.82. The number of carbonyl (C=O) groups excluding carboxylic acids is 1. The molecule has 0 saturated carbocycles. The highest BCUT2D eigenvalue weighted by Gasteiger charge is 2.21. The smallest absolute Gasteiger partial charge is 0.272 e. The normalized spacial score (nSPS) is 11.5. The molecule has 0 aliphatic carbocycles. The number of carbonyl (C=O) groups is 1. The Morgan fingerprint density at radius 3 is 2.47 bits per heavy atom. The minimum Gasteiger partial charge on any atom is -0.353 e. The fraction of sp³-hybridized carbons (Fsp3) is 0.478. The molecule has 0 unspecified atom stereocenters. The minimum absolute atomic E-state index is 0.0160. The standard InChI is InChI=1S/C23H30ClFN6O/c1-14(2)7-9-31(10-8-15(3)4)22-20-19(29-30-22)21(28-13-27-20)23(32)26-12-16-5-6-18(25)17(24)11-16/h5-6,11,13-15H,7-10,12H2,1-4H3,(H,26,32)(H,29,30). The molecule has 0 aliphatic rings. The number of nitrogens with zero attached hydrogens (tertiary/aromatic N) is 4. The summed E-state index contributed by atoms with van der Waals surface area (Å²) in [6, 6.07) is 4.34. The molecule has 172 valence electrons. The zero-order valence-corrected chi connectivity index (χ0v) is 19.7. The summed E-state index contributed by atoms with van der Waals surface area (Å²) in [4.78, 5) is 23.6. The van der Waals surface area contributed by atoms with Crippen molar-refractivity contribution in [3.8, 4) is 0 Å². The monoisotopic (exact) mass is 460 g/mol. The number of rotatable bonds is 10. The van der Waals surface area contributed by atoms with Crippen LogP contribution in [0.1, 0.15) is 56.6 Å². The summed E-state index contributed by atoms with van der Waals surface area (Å²) in [5.74, 6) is 1.01. The molecule has 32 heavy (non-hydrogen) atoms. The van der Waals surface area contributed by atoms with Crippen LogP contribution in [-0.4, -0.2) is 39.2 Å². The maximum Gasteiger partial charge on any atom is 0.272 e. The topological polar surface area (TPSA) is 86.8 Å². The number of halogens is 2. The number of hydrogen-bond acceptors (Lipinski definition) is 5. The Balaban J connectivity index is 1.81. The van der Waals surface area contributed by atoms with Gasteiger partial charge in [-0.15, -0.1) is 0 Å². The molecule has 0 aliphatic heterocycles. The molecular weight excluding hydrogens is 431 g/mol. The van der Waals surface area contributed by atoms with Crippen LogP contribution in [0.25, 0.3) is 11.0 Å². The van der Waals surface area contributed by atoms with Gasteiger partial charge in [-0.1, -0.05) is 45.4 Å². The number of fused-ring (bicyclic) bond motifs is 1. The predicted molar refractivity (Wildman–Crippen MR) is 125 cm³/mol. The number of aromatic nitrogens is 4. The Kier molecular flexibility index (Phi) is 8.01. The average molecular weight is 461 g/mol. The first kappa shape index (κ1) is 23.9. The third kappa shape index (κ3) is 5.94. The van der Waals surface area contributed by atoms with E-state index in [1.54, 1.807) is 6.07 Å². The Morgan fingerprint density at radius 2 is 1.84 bits per heavy atom. The van der Waals surface area contributed by atoms with Crippen LogP contribution >= 0.6 is 11.6 Å². The van der Waals surface area contributed by atoms with Crippen LogP contribution in [0.3, 0.4) is 0 Å². The second kappa shape index (κ2) is 10.7. The van der Waals surface area contributed by atoms with Gasteiger partial charge in [-0.25, -0.2) is 14.4 Å². The van der Waals surface area contributed by atoms with E-state index in [9.17, 15) is 9.18 Å². The molecule has 0 spiro atoms. The summed E-state index contributed by atoms with van der Waals surface area (Å²) < 4.78 is 13.4. The molecule has 1 aromatic carbocycles. The van der Waals surface area contributed by atoms with Crippen LogP contribution < -0.4 is 10.2 Å². The third-order valence-corrected chi connectivity index (χ3v) is 5.53. The van der Waals surface area contributed by atoms with Gasteiger partial charge >= 0.3 is 0 Å². The van der Waals surface area contributed by atoms with Crippen molar-refractivity contribution in [2.75, 3.05) is 18.0 Å². The van der Waals surface area contributed by atoms with Crippen LogP contribution in [0.4, 0.5) is 10.2 Å². The van der Waals surface area contributed by atoms with E-state index in [0.29, 0.717) is 28.4 Å². The third-order valence-electron chi connectivity index (χ3n) is 5.24. The highest BCUT2D eigenvalue weighted by Crippen LogP contribution is 2.25. The lowest BCUT2D eigenvalue weighted by Crippen LogP contribution is -2.28. The zero-order valence-electron chi connectivity index (χ0n) is 19.0. The van der Waals surface area contributed by atoms with Gasteiger partial charge in [0.2, 0.25) is 0 Å². The first-order valence-corrected chi connectivity index (χ1v) is 11.3. The van der Waals surface area contributed by atoms with Crippen molar-refractivity contribution in [3.63, 3.8) is 0 Å². The molecule has 1 amide bonds. The predicted octanol–water partition coefficient (Wildman–Crippen LogP) is 4.97. The van der Waals surface area contributed by atoms with Gasteiger partial charge in [0.05, 0.1) is 5.02 Å². The maximum atomic E-state index is 13.4. The van der Waals surface area contributed by atoms with Crippen LogP contribution in [0.2, 0.25) is 5.02 Å². The maximum absolute atomic E-state index is 13.4. The second-order valence-corrected chi connectivity index (χ2v) is 9.18. The van der Waals surface area contributed by atoms with E-state index in [4.69, 9.17) is 11.6 Å². The van der Waals surface area contributed by atoms with Crippen LogP contribution in [-0.2, 0) is 6.54 Å². The van der Waals surface area contributed by atoms with E-state index >= 15 is 0 Å². The fourth-order valence-electron chi connectivity index (χ4n) is 3.28. The number of nitrogens with one attached hydrogen (secondary N) is 2. The number of hydrogen-bond donors (Lipinski definition) is 2. The Labute approximate surface area is 192 Å². The quantitative estimate of drug-likeness (QED) is 0.446. The van der Waals surface area contributed by atoms with Gasteiger partial charge in [0.25, 0.3) is 5.91 Å². The van der Waals surface area contributed by atoms with E-state index in [0.717, 1.165) is 31.7 Å². The minimum atomic E-state index is -0.497. The SMILES string of the molecule is CC(C)CCN(CCC(C)C)c1n[nH]c2c(C(=O)NCc3ccc(F)c(Cl)c3)ncnc12. The van der Waals surface area contributed by atoms with E-state index in [-0.39, 0.29) is 23.2 Å². The first-order valence-electron chi connectivity index (χ1n) is 10.9. The Morgan fingerprint density at radius 1 is 1.16 bits per heavy atom. The molecule has 0 atom stereocenters. The fourth-order valence-corrected chi connectivity index (χ4v) is 3.49. The number of anilines is 1. The van der Waals surface area contributed by atoms with Gasteiger partial charge in [0.15, 0.2) is 11.5 Å². The molecular formula is C23H30ClFN6O. The van der Waals surface area contributed by atoms with Crippen molar-refractivity contribution in [1.29, 1.82) is 0 Å². The summed E-state index contributed by atoms with van der Waals surface area (Å²) in [6.07, 6.45) is 3.45. The van der Waals surface area contributed by atoms with Gasteiger partial charge in [-0.3, -0.25) is 9.89 Å². The number of H-pyrrole nitrogens is 1. The summed E-state index contributed by atoms with van der Waals surface area (Å²) in [5, 5.41) is 10.3. The Hall–Kier alpha value is -2.74. The lowest BCUT2D eigenvalue weighted by atomic mass is 10.1. The average Bonchev–Trinajstić information content (AvgIpc) is 3.18. The van der Waals surface area contributed by atoms with Gasteiger partial charge in [-0.05, 0) is 42.4 Å². The molecule has 2 N–H and O–H groups in total. The molecule has 9 heteroatoms. The Bertz CT molecular complexity index is 1060. The second-order valence-electron chi connectivity index (χ2n) is 8.78. The lowest BCUT2D eigenvalue weighted by molar-refractivity contribution is 0.0947. The summed E-state index contributed by atoms with van der Waals surface area (Å²) in [6.45, 7) is 10.7. The van der Waals surface area contributed by atoms with E-state index in [1.807, 2.05) is 0 Å². The van der Waals surface area contributed by atoms with Crippen LogP contribution in [0, 0.1) is 17.7 Å². The van der Waals surface area contributed by atoms with Gasteiger partial charge in [0, 0.05) is 19.6 Å². The largest absolute Gasteiger partial charge is 0.353 e. The van der Waals surface area contributed by atoms with Gasteiger partial charge in [-0.2, -0.15) is 5.10 Å². The lowest BCUT2D eigenvalue weighted by Gasteiger charge is -2.24. The number of aromatic amines is 1. The molecule has 2 aromatic heterocycles. The molecule has 0 saturated heterocycles. The van der Waals surface area contributed by atoms with Crippen molar-refractivity contribution in [2.24, 2.45) is 11.8 Å². The van der Waals surface area contributed by atoms with Crippen LogP contribution in [0.15, 0.2) is 24.5 Å². The molecule has 3 rings (SSSR count). The molecule has 7 nitrogen and oxygen atoms in total. The van der Waals surface area contributed by atoms with Gasteiger partial charge < -0.3 is 10.2 Å². The van der Waals surface area contributed by atoms with Crippen LogP contribution in [0.5, 0.6) is 0 Å². The number of amides is 1. The number of benzene rings is 1. The summed E-state index contributed by atoms with van der Waals surface area (Å²) in [7, 11) is 0. The highest BCUT2D eigenvalue weighted by atomic mass is 35.5. The van der Waals surface area contributed by atoms with Crippen molar-refractivity contribution in [3.05, 3.63) is 46.6 Å². The van der Waals surface area contributed by atoms with Crippen molar-refractivity contribution in [2.45, 2.75) is 47.1 Å². The van der Waals surface area contributed by atoms with E-state index < -0.39 is 5.82 Å².